The van der Waals surface area contributed by atoms with Crippen LogP contribution in [0.5, 0.6) is 11.5 Å². The maximum absolute atomic E-state index is 6.06. The molecule has 1 saturated carbocycles. The first-order valence-corrected chi connectivity index (χ1v) is 6.03. The third kappa shape index (κ3) is 2.98. The van der Waals surface area contributed by atoms with E-state index >= 15 is 0 Å². The summed E-state index contributed by atoms with van der Waals surface area (Å²) in [5.74, 6) is 1.53. The van der Waals surface area contributed by atoms with E-state index in [1.54, 1.807) is 26.4 Å². The fraction of sp³-hybridized carbons (Fsp3) is 0.417. The van der Waals surface area contributed by atoms with Gasteiger partial charge in [-0.1, -0.05) is 11.6 Å². The highest BCUT2D eigenvalue weighted by Gasteiger charge is 2.20. The Bertz CT molecular complexity index is 473. The van der Waals surface area contributed by atoms with E-state index in [1.165, 1.54) is 0 Å². The van der Waals surface area contributed by atoms with Crippen molar-refractivity contribution in [3.05, 3.63) is 17.2 Å². The van der Waals surface area contributed by atoms with Crippen LogP contribution in [0.2, 0.25) is 5.02 Å². The lowest BCUT2D eigenvalue weighted by Gasteiger charge is -2.13. The topological polar surface area (TPSA) is 68.9 Å². The zero-order valence-electron chi connectivity index (χ0n) is 10.4. The van der Waals surface area contributed by atoms with Gasteiger partial charge < -0.3 is 20.5 Å². The minimum absolute atomic E-state index is 0.359. The molecule has 18 heavy (non-hydrogen) atoms. The van der Waals surface area contributed by atoms with Gasteiger partial charge in [0, 0.05) is 6.07 Å². The summed E-state index contributed by atoms with van der Waals surface area (Å²) in [4.78, 5) is 4.28. The van der Waals surface area contributed by atoms with E-state index in [4.69, 9.17) is 26.8 Å². The number of nitrogens with one attached hydrogen (secondary N) is 1. The lowest BCUT2D eigenvalue weighted by atomic mass is 10.2. The van der Waals surface area contributed by atoms with Crippen molar-refractivity contribution in [3.8, 4) is 11.5 Å². The van der Waals surface area contributed by atoms with E-state index < -0.39 is 0 Å². The Morgan fingerprint density at radius 2 is 2.00 bits per heavy atom. The Kier molecular flexibility index (Phi) is 3.81. The number of nitrogens with zero attached hydrogens (tertiary/aromatic N) is 1. The van der Waals surface area contributed by atoms with Gasteiger partial charge in [0.25, 0.3) is 0 Å². The van der Waals surface area contributed by atoms with Crippen LogP contribution in [-0.4, -0.2) is 26.2 Å². The number of anilines is 1. The van der Waals surface area contributed by atoms with Crippen molar-refractivity contribution in [2.24, 2.45) is 10.7 Å². The van der Waals surface area contributed by atoms with E-state index in [1.807, 2.05) is 0 Å². The van der Waals surface area contributed by atoms with Crippen LogP contribution in [0.25, 0.3) is 0 Å². The molecule has 1 aliphatic rings. The fourth-order valence-corrected chi connectivity index (χ4v) is 1.77. The van der Waals surface area contributed by atoms with Gasteiger partial charge >= 0.3 is 0 Å². The smallest absolute Gasteiger partial charge is 0.193 e. The molecule has 0 unspecified atom stereocenters. The van der Waals surface area contributed by atoms with Gasteiger partial charge in [0.2, 0.25) is 0 Å². The van der Waals surface area contributed by atoms with E-state index in [0.29, 0.717) is 34.2 Å². The number of ether oxygens (including phenoxy) is 2. The van der Waals surface area contributed by atoms with Gasteiger partial charge in [-0.05, 0) is 18.9 Å². The Labute approximate surface area is 111 Å². The van der Waals surface area contributed by atoms with Crippen molar-refractivity contribution in [3.63, 3.8) is 0 Å². The largest absolute Gasteiger partial charge is 0.495 e. The maximum atomic E-state index is 6.06. The average molecular weight is 270 g/mol. The monoisotopic (exact) mass is 269 g/mol. The number of methoxy groups -OCH3 is 2. The summed E-state index contributed by atoms with van der Waals surface area (Å²) in [5.41, 5.74) is 6.47. The highest BCUT2D eigenvalue weighted by atomic mass is 35.5. The van der Waals surface area contributed by atoms with Crippen LogP contribution in [0.3, 0.4) is 0 Å². The minimum atomic E-state index is 0.359. The molecule has 0 radical (unpaired) electrons. The van der Waals surface area contributed by atoms with Crippen LogP contribution in [0.1, 0.15) is 12.8 Å². The predicted octanol–water partition coefficient (Wildman–Crippen LogP) is 2.25. The molecule has 1 aromatic carbocycles. The summed E-state index contributed by atoms with van der Waals surface area (Å²) in [5, 5.41) is 3.47. The molecule has 0 spiro atoms. The number of guanidine groups is 1. The zero-order valence-corrected chi connectivity index (χ0v) is 11.1. The summed E-state index contributed by atoms with van der Waals surface area (Å²) in [6, 6.07) is 3.76. The molecular weight excluding hydrogens is 254 g/mol. The summed E-state index contributed by atoms with van der Waals surface area (Å²) in [6.45, 7) is 0. The second-order valence-corrected chi connectivity index (χ2v) is 4.46. The molecule has 5 nitrogen and oxygen atoms in total. The quantitative estimate of drug-likeness (QED) is 0.650. The van der Waals surface area contributed by atoms with Crippen molar-refractivity contribution in [2.45, 2.75) is 18.9 Å². The molecule has 0 saturated heterocycles. The van der Waals surface area contributed by atoms with Crippen molar-refractivity contribution in [1.29, 1.82) is 0 Å². The number of nitrogens with two attached hydrogens (primary N) is 1. The molecule has 3 N–H and O–H groups in total. The van der Waals surface area contributed by atoms with Gasteiger partial charge in [0.05, 0.1) is 31.0 Å². The number of hydrogen-bond acceptors (Lipinski definition) is 3. The van der Waals surface area contributed by atoms with Crippen molar-refractivity contribution < 1.29 is 9.47 Å². The van der Waals surface area contributed by atoms with Crippen LogP contribution in [-0.2, 0) is 0 Å². The second-order valence-electron chi connectivity index (χ2n) is 4.06. The first-order valence-electron chi connectivity index (χ1n) is 5.66. The van der Waals surface area contributed by atoms with Crippen LogP contribution >= 0.6 is 11.6 Å². The molecule has 0 atom stereocenters. The van der Waals surface area contributed by atoms with Gasteiger partial charge in [-0.2, -0.15) is 0 Å². The zero-order chi connectivity index (χ0) is 13.1. The normalized spacial score (nSPS) is 15.4. The molecule has 98 valence electrons. The van der Waals surface area contributed by atoms with Crippen LogP contribution in [0.4, 0.5) is 5.69 Å². The number of aliphatic imine (C=N–C) groups is 1. The van der Waals surface area contributed by atoms with Gasteiger partial charge in [-0.3, -0.25) is 0 Å². The fourth-order valence-electron chi connectivity index (χ4n) is 1.53. The molecule has 0 aromatic heterocycles. The average Bonchev–Trinajstić information content (AvgIpc) is 3.13. The van der Waals surface area contributed by atoms with Gasteiger partial charge in [-0.25, -0.2) is 4.99 Å². The molecule has 0 bridgehead atoms. The Hall–Kier alpha value is -1.62. The van der Waals surface area contributed by atoms with E-state index in [9.17, 15) is 0 Å². The van der Waals surface area contributed by atoms with Crippen molar-refractivity contribution >= 4 is 23.2 Å². The summed E-state index contributed by atoms with van der Waals surface area (Å²) < 4.78 is 10.4. The highest BCUT2D eigenvalue weighted by molar-refractivity contribution is 6.32. The predicted molar refractivity (Wildman–Crippen MR) is 72.8 cm³/mol. The van der Waals surface area contributed by atoms with Crippen LogP contribution in [0, 0.1) is 0 Å². The molecule has 2 rings (SSSR count). The van der Waals surface area contributed by atoms with Gasteiger partial charge in [-0.15, -0.1) is 0 Å². The third-order valence-corrected chi connectivity index (χ3v) is 2.90. The second kappa shape index (κ2) is 5.35. The van der Waals surface area contributed by atoms with Gasteiger partial charge in [0.15, 0.2) is 5.96 Å². The Balaban J connectivity index is 2.22. The SMILES string of the molecule is COc1cc(OC)c(NC(N)=NC2CC2)cc1Cl. The van der Waals surface area contributed by atoms with Crippen LogP contribution in [0.15, 0.2) is 17.1 Å². The van der Waals surface area contributed by atoms with Gasteiger partial charge in [0.1, 0.15) is 11.5 Å². The molecule has 1 fully saturated rings. The summed E-state index contributed by atoms with van der Waals surface area (Å²) >= 11 is 6.06. The van der Waals surface area contributed by atoms with E-state index in [0.717, 1.165) is 12.8 Å². The minimum Gasteiger partial charge on any atom is -0.495 e. The molecule has 0 aliphatic heterocycles. The molecule has 6 heteroatoms. The lowest BCUT2D eigenvalue weighted by Crippen LogP contribution is -2.23. The first-order chi connectivity index (χ1) is 8.63. The van der Waals surface area contributed by atoms with Crippen molar-refractivity contribution in [2.75, 3.05) is 19.5 Å². The summed E-state index contributed by atoms with van der Waals surface area (Å²) in [7, 11) is 3.12. The molecular formula is C12H16ClN3O2. The van der Waals surface area contributed by atoms with Crippen molar-refractivity contribution in [1.82, 2.24) is 0 Å². The molecule has 0 amide bonds. The molecule has 1 aromatic rings. The standard InChI is InChI=1S/C12H16ClN3O2/c1-17-10-6-11(18-2)9(5-8(10)13)16-12(14)15-7-3-4-7/h5-7H,3-4H2,1-2H3,(H3,14,15,16). The molecule has 0 heterocycles. The van der Waals surface area contributed by atoms with Crippen LogP contribution < -0.4 is 20.5 Å². The first kappa shape index (κ1) is 12.8. The number of halogens is 1. The summed E-state index contributed by atoms with van der Waals surface area (Å²) in [6.07, 6.45) is 2.20. The lowest BCUT2D eigenvalue weighted by molar-refractivity contribution is 0.396. The van der Waals surface area contributed by atoms with E-state index in [-0.39, 0.29) is 0 Å². The Morgan fingerprint density at radius 3 is 2.56 bits per heavy atom. The maximum Gasteiger partial charge on any atom is 0.193 e. The highest BCUT2D eigenvalue weighted by Crippen LogP contribution is 2.35. The Morgan fingerprint density at radius 1 is 1.33 bits per heavy atom. The number of rotatable bonds is 4. The third-order valence-electron chi connectivity index (χ3n) is 2.61. The number of hydrogen-bond donors (Lipinski definition) is 2. The molecule has 1 aliphatic carbocycles. The number of benzene rings is 1. The van der Waals surface area contributed by atoms with E-state index in [2.05, 4.69) is 10.3 Å².